The minimum atomic E-state index is -4.49. The summed E-state index contributed by atoms with van der Waals surface area (Å²) in [5.41, 5.74) is -0.217. The molecule has 3 heterocycles. The lowest BCUT2D eigenvalue weighted by Gasteiger charge is -2.16. The highest BCUT2D eigenvalue weighted by Crippen LogP contribution is 2.34. The first-order valence-electron chi connectivity index (χ1n) is 9.00. The molecule has 12 heteroatoms. The first-order chi connectivity index (χ1) is 14.3. The molecule has 4 atom stereocenters. The van der Waals surface area contributed by atoms with Gasteiger partial charge in [-0.15, -0.1) is 0 Å². The van der Waals surface area contributed by atoms with Crippen LogP contribution in [0.2, 0.25) is 0 Å². The third-order valence-electron chi connectivity index (χ3n) is 4.92. The van der Waals surface area contributed by atoms with Crippen molar-refractivity contribution in [3.8, 4) is 0 Å². The first-order valence-corrected chi connectivity index (χ1v) is 9.00. The van der Waals surface area contributed by atoms with E-state index in [4.69, 9.17) is 4.74 Å². The molecule has 4 rings (SSSR count). The van der Waals surface area contributed by atoms with Crippen LogP contribution < -0.4 is 5.32 Å². The Bertz CT molecular complexity index is 1040. The Labute approximate surface area is 167 Å². The lowest BCUT2D eigenvalue weighted by molar-refractivity contribution is -0.138. The molecular weight excluding hydrogens is 407 g/mol. The van der Waals surface area contributed by atoms with Crippen LogP contribution in [0.3, 0.4) is 0 Å². The van der Waals surface area contributed by atoms with Crippen molar-refractivity contribution >= 4 is 17.0 Å². The number of fused-ring (bicyclic) bond motifs is 1. The second-order valence-electron chi connectivity index (χ2n) is 6.78. The number of alkyl halides is 3. The van der Waals surface area contributed by atoms with Gasteiger partial charge in [0.15, 0.2) is 23.2 Å². The fourth-order valence-corrected chi connectivity index (χ4v) is 3.41. The number of ether oxygens (including phenoxy) is 1. The van der Waals surface area contributed by atoms with Crippen LogP contribution in [0.4, 0.5) is 19.0 Å². The van der Waals surface area contributed by atoms with Crippen molar-refractivity contribution in [1.82, 2.24) is 19.5 Å². The fraction of sp³-hybridized carbons (Fsp3) is 0.389. The summed E-state index contributed by atoms with van der Waals surface area (Å²) < 4.78 is 46.4. The molecule has 3 aromatic rings. The van der Waals surface area contributed by atoms with Gasteiger partial charge in [-0.3, -0.25) is 4.57 Å². The molecule has 0 radical (unpaired) electrons. The number of anilines is 1. The second-order valence-corrected chi connectivity index (χ2v) is 6.78. The Hall–Kier alpha value is -2.80. The highest BCUT2D eigenvalue weighted by Gasteiger charge is 2.44. The number of hydrogen-bond acceptors (Lipinski definition) is 8. The quantitative estimate of drug-likeness (QED) is 0.478. The van der Waals surface area contributed by atoms with Crippen LogP contribution >= 0.6 is 0 Å². The molecule has 1 saturated heterocycles. The molecule has 9 nitrogen and oxygen atoms in total. The Morgan fingerprint density at radius 3 is 2.57 bits per heavy atom. The predicted octanol–water partition coefficient (Wildman–Crippen LogP) is 1.07. The zero-order chi connectivity index (χ0) is 21.5. The van der Waals surface area contributed by atoms with Gasteiger partial charge in [-0.25, -0.2) is 15.0 Å². The van der Waals surface area contributed by atoms with Gasteiger partial charge in [0.25, 0.3) is 0 Å². The molecule has 0 aliphatic carbocycles. The minimum absolute atomic E-state index is 0.0413. The summed E-state index contributed by atoms with van der Waals surface area (Å²) in [7, 11) is 0. The third kappa shape index (κ3) is 3.58. The van der Waals surface area contributed by atoms with Gasteiger partial charge in [-0.1, -0.05) is 18.2 Å². The summed E-state index contributed by atoms with van der Waals surface area (Å²) in [6.45, 7) is -0.635. The Kier molecular flexibility index (Phi) is 5.32. The summed E-state index contributed by atoms with van der Waals surface area (Å²) in [6, 6.07) is 5.20. The average molecular weight is 425 g/mol. The summed E-state index contributed by atoms with van der Waals surface area (Å²) in [4.78, 5) is 12.3. The van der Waals surface area contributed by atoms with Crippen molar-refractivity contribution in [1.29, 1.82) is 0 Å². The van der Waals surface area contributed by atoms with Crippen LogP contribution in [-0.2, 0) is 17.5 Å². The molecule has 1 aliphatic heterocycles. The standard InChI is InChI=1S/C18H18F3N5O4/c19-18(20,21)10-4-2-1-3-9(10)5-22-15-12-16(24-7-23-15)26(8-25-12)17-14(29)13(28)11(6-27)30-17/h1-4,7-8,11,13-14,17,27-29H,5-6H2,(H,22,23,24)/t11-,13-,14+,17?/m1/s1. The Balaban J connectivity index is 1.61. The molecule has 2 aromatic heterocycles. The van der Waals surface area contributed by atoms with Gasteiger partial charge < -0.3 is 25.4 Å². The fourth-order valence-electron chi connectivity index (χ4n) is 3.41. The molecule has 0 bridgehead atoms. The van der Waals surface area contributed by atoms with Crippen molar-refractivity contribution in [3.63, 3.8) is 0 Å². The monoisotopic (exact) mass is 425 g/mol. The predicted molar refractivity (Wildman–Crippen MR) is 97.1 cm³/mol. The maximum absolute atomic E-state index is 13.2. The topological polar surface area (TPSA) is 126 Å². The number of nitrogens with zero attached hydrogens (tertiary/aromatic N) is 4. The van der Waals surface area contributed by atoms with Crippen molar-refractivity contribution in [2.45, 2.75) is 37.3 Å². The molecule has 1 unspecified atom stereocenters. The van der Waals surface area contributed by atoms with E-state index >= 15 is 0 Å². The van der Waals surface area contributed by atoms with Crippen LogP contribution in [-0.4, -0.2) is 59.8 Å². The number of halogens is 3. The third-order valence-corrected chi connectivity index (χ3v) is 4.92. The lowest BCUT2D eigenvalue weighted by atomic mass is 10.1. The summed E-state index contributed by atoms with van der Waals surface area (Å²) in [5, 5.41) is 32.3. The molecule has 0 spiro atoms. The van der Waals surface area contributed by atoms with Crippen molar-refractivity contribution in [2.24, 2.45) is 0 Å². The number of rotatable bonds is 5. The van der Waals surface area contributed by atoms with Gasteiger partial charge in [0.1, 0.15) is 24.6 Å². The summed E-state index contributed by atoms with van der Waals surface area (Å²) in [5.74, 6) is 0.197. The molecule has 160 valence electrons. The average Bonchev–Trinajstić information content (AvgIpc) is 3.27. The van der Waals surface area contributed by atoms with Crippen LogP contribution in [0, 0.1) is 0 Å². The van der Waals surface area contributed by atoms with Crippen LogP contribution in [0.5, 0.6) is 0 Å². The Morgan fingerprint density at radius 2 is 1.87 bits per heavy atom. The van der Waals surface area contributed by atoms with Gasteiger partial charge >= 0.3 is 6.18 Å². The van der Waals surface area contributed by atoms with Gasteiger partial charge in [-0.05, 0) is 11.6 Å². The SMILES string of the molecule is OC[C@H]1OC(n2cnc3c(NCc4ccccc4C(F)(F)F)ncnc32)[C@@H](O)[C@@H]1O. The molecule has 1 aliphatic rings. The molecular formula is C18H18F3N5O4. The van der Waals surface area contributed by atoms with E-state index in [2.05, 4.69) is 20.3 Å². The van der Waals surface area contributed by atoms with Crippen LogP contribution in [0.15, 0.2) is 36.9 Å². The lowest BCUT2D eigenvalue weighted by Crippen LogP contribution is -2.33. The highest BCUT2D eigenvalue weighted by molar-refractivity contribution is 5.82. The number of aliphatic hydroxyl groups excluding tert-OH is 3. The van der Waals surface area contributed by atoms with E-state index in [1.54, 1.807) is 0 Å². The van der Waals surface area contributed by atoms with E-state index in [1.807, 2.05) is 0 Å². The normalized spacial score (nSPS) is 24.5. The van der Waals surface area contributed by atoms with E-state index in [0.29, 0.717) is 0 Å². The van der Waals surface area contributed by atoms with Crippen LogP contribution in [0.25, 0.3) is 11.2 Å². The number of benzene rings is 1. The van der Waals surface area contributed by atoms with E-state index in [-0.39, 0.29) is 29.1 Å². The number of hydrogen-bond donors (Lipinski definition) is 4. The molecule has 1 fully saturated rings. The summed E-state index contributed by atoms with van der Waals surface area (Å²) >= 11 is 0. The van der Waals surface area contributed by atoms with E-state index in [0.717, 1.165) is 6.07 Å². The first kappa shape index (κ1) is 20.5. The molecule has 0 saturated carbocycles. The van der Waals surface area contributed by atoms with Crippen LogP contribution in [0.1, 0.15) is 17.4 Å². The molecule has 0 amide bonds. The van der Waals surface area contributed by atoms with Crippen molar-refractivity contribution in [3.05, 3.63) is 48.0 Å². The van der Waals surface area contributed by atoms with Gasteiger partial charge in [0.2, 0.25) is 0 Å². The van der Waals surface area contributed by atoms with Crippen molar-refractivity contribution in [2.75, 3.05) is 11.9 Å². The highest BCUT2D eigenvalue weighted by atomic mass is 19.4. The Morgan fingerprint density at radius 1 is 1.10 bits per heavy atom. The number of imidazole rings is 1. The van der Waals surface area contributed by atoms with E-state index in [1.165, 1.54) is 35.4 Å². The molecule has 4 N–H and O–H groups in total. The second kappa shape index (κ2) is 7.80. The van der Waals surface area contributed by atoms with Gasteiger partial charge in [0.05, 0.1) is 18.5 Å². The molecule has 1 aromatic carbocycles. The number of nitrogens with one attached hydrogen (secondary N) is 1. The largest absolute Gasteiger partial charge is 0.416 e. The summed E-state index contributed by atoms with van der Waals surface area (Å²) in [6.07, 6.45) is -6.62. The zero-order valence-electron chi connectivity index (χ0n) is 15.4. The van der Waals surface area contributed by atoms with E-state index in [9.17, 15) is 28.5 Å². The van der Waals surface area contributed by atoms with Gasteiger partial charge in [-0.2, -0.15) is 13.2 Å². The zero-order valence-corrected chi connectivity index (χ0v) is 15.4. The van der Waals surface area contributed by atoms with Gasteiger partial charge in [0, 0.05) is 6.54 Å². The maximum Gasteiger partial charge on any atom is 0.416 e. The maximum atomic E-state index is 13.2. The molecule has 30 heavy (non-hydrogen) atoms. The number of aliphatic hydroxyl groups is 3. The minimum Gasteiger partial charge on any atom is -0.394 e. The van der Waals surface area contributed by atoms with Crippen molar-refractivity contribution < 1.29 is 33.2 Å². The number of aromatic nitrogens is 4. The van der Waals surface area contributed by atoms with E-state index < -0.39 is 42.9 Å². The smallest absolute Gasteiger partial charge is 0.394 e.